The van der Waals surface area contributed by atoms with Gasteiger partial charge in [0.25, 0.3) is 5.91 Å². The van der Waals surface area contributed by atoms with Crippen molar-refractivity contribution in [3.63, 3.8) is 0 Å². The number of unbranched alkanes of at least 4 members (excludes halogenated alkanes) is 1. The van der Waals surface area contributed by atoms with Gasteiger partial charge in [-0.25, -0.2) is 0 Å². The second-order valence-corrected chi connectivity index (χ2v) is 10.7. The Hall–Kier alpha value is -1.53. The van der Waals surface area contributed by atoms with Crippen molar-refractivity contribution in [2.45, 2.75) is 142 Å². The SMILES string of the molecule is CC.CCC.CCCCOC1CC(O)[C@@H](NC(C)=O)C(C(O)CCNC(=O)c2ccc(C3CCCCC3)cc2)O1.O=C[O-].[Na+]. The molecule has 4 N–H and O–H groups in total. The van der Waals surface area contributed by atoms with Gasteiger partial charge in [0.1, 0.15) is 6.10 Å². The molecule has 11 heteroatoms. The second kappa shape index (κ2) is 27.8. The van der Waals surface area contributed by atoms with Crippen LogP contribution in [0.25, 0.3) is 0 Å². The molecule has 44 heavy (non-hydrogen) atoms. The molecule has 1 saturated heterocycles. The first-order valence-electron chi connectivity index (χ1n) is 16.1. The van der Waals surface area contributed by atoms with E-state index < -0.39 is 37.1 Å². The molecule has 0 spiro atoms. The summed E-state index contributed by atoms with van der Waals surface area (Å²) in [5.74, 6) is 0.0783. The predicted molar refractivity (Wildman–Crippen MR) is 166 cm³/mol. The molecule has 1 saturated carbocycles. The molecule has 248 valence electrons. The number of aliphatic hydroxyl groups is 2. The minimum absolute atomic E-state index is 0. The van der Waals surface area contributed by atoms with Crippen molar-refractivity contribution in [3.8, 4) is 0 Å². The Bertz CT molecular complexity index is 868. The van der Waals surface area contributed by atoms with Crippen LogP contribution < -0.4 is 45.3 Å². The van der Waals surface area contributed by atoms with Gasteiger partial charge in [0.15, 0.2) is 6.29 Å². The summed E-state index contributed by atoms with van der Waals surface area (Å²) >= 11 is 0. The first kappa shape index (κ1) is 44.6. The number of carbonyl (C=O) groups is 3. The largest absolute Gasteiger partial charge is 1.00 e. The quantitative estimate of drug-likeness (QED) is 0.159. The molecule has 0 bridgehead atoms. The summed E-state index contributed by atoms with van der Waals surface area (Å²) in [5, 5.41) is 35.2. The average molecular weight is 633 g/mol. The van der Waals surface area contributed by atoms with Gasteiger partial charge in [-0.05, 0) is 49.3 Å². The Labute approximate surface area is 287 Å². The second-order valence-electron chi connectivity index (χ2n) is 10.7. The van der Waals surface area contributed by atoms with Crippen molar-refractivity contribution in [1.29, 1.82) is 0 Å². The monoisotopic (exact) mass is 632 g/mol. The molecule has 1 aromatic carbocycles. The van der Waals surface area contributed by atoms with Gasteiger partial charge < -0.3 is 40.2 Å². The fourth-order valence-corrected chi connectivity index (χ4v) is 5.03. The third-order valence-electron chi connectivity index (χ3n) is 7.04. The van der Waals surface area contributed by atoms with Crippen LogP contribution in [0.3, 0.4) is 0 Å². The zero-order valence-electron chi connectivity index (χ0n) is 28.2. The van der Waals surface area contributed by atoms with Crippen LogP contribution in [-0.2, 0) is 19.1 Å². The zero-order valence-corrected chi connectivity index (χ0v) is 30.2. The van der Waals surface area contributed by atoms with E-state index in [2.05, 4.69) is 31.4 Å². The van der Waals surface area contributed by atoms with Crippen molar-refractivity contribution in [3.05, 3.63) is 35.4 Å². The zero-order chi connectivity index (χ0) is 32.6. The summed E-state index contributed by atoms with van der Waals surface area (Å²) < 4.78 is 11.6. The van der Waals surface area contributed by atoms with Crippen LogP contribution in [-0.4, -0.2) is 72.3 Å². The Balaban J connectivity index is 0. The first-order chi connectivity index (χ1) is 20.7. The number of ether oxygens (including phenoxy) is 2. The van der Waals surface area contributed by atoms with Gasteiger partial charge in [-0.2, -0.15) is 0 Å². The average Bonchev–Trinajstić information content (AvgIpc) is 3.00. The van der Waals surface area contributed by atoms with Crippen LogP contribution >= 0.6 is 0 Å². The van der Waals surface area contributed by atoms with Gasteiger partial charge in [-0.1, -0.05) is 78.9 Å². The Morgan fingerprint density at radius 1 is 1.11 bits per heavy atom. The molecule has 3 rings (SSSR count). The fraction of sp³-hybridized carbons (Fsp3) is 0.727. The minimum atomic E-state index is -1.01. The van der Waals surface area contributed by atoms with E-state index in [0.717, 1.165) is 12.8 Å². The van der Waals surface area contributed by atoms with E-state index in [1.165, 1.54) is 51.0 Å². The number of carbonyl (C=O) groups excluding carboxylic acids is 3. The van der Waals surface area contributed by atoms with Crippen LogP contribution in [0.5, 0.6) is 0 Å². The van der Waals surface area contributed by atoms with Crippen molar-refractivity contribution < 1.29 is 68.7 Å². The smallest absolute Gasteiger partial charge is 0.554 e. The molecule has 10 nitrogen and oxygen atoms in total. The number of nitrogens with one attached hydrogen (secondary N) is 2. The number of aliphatic hydroxyl groups excluding tert-OH is 2. The standard InChI is InChI=1S/C27H42N2O6.C3H8.C2H6.CH2O2.Na/c1-3-4-16-34-24-17-23(32)25(29-18(2)30)26(35-24)22(31)14-15-28-27(33)21-12-10-20(11-13-21)19-8-6-5-7-9-19;1-3-2;1-2;2-1-3;/h10-13,19,22-26,31-32H,3-9,14-17H2,1-2H3,(H,28,33)(H,29,30);3H2,1-2H3;1-2H3;1H,(H,2,3);/q;;;;+1/p-1/t22?,23?,24?,25-,26?;;;;/m1..../s1. The van der Waals surface area contributed by atoms with E-state index in [9.17, 15) is 19.8 Å². The Morgan fingerprint density at radius 3 is 2.20 bits per heavy atom. The van der Waals surface area contributed by atoms with E-state index in [1.807, 2.05) is 38.1 Å². The maximum Gasteiger partial charge on any atom is 1.00 e. The topological polar surface area (TPSA) is 157 Å². The van der Waals surface area contributed by atoms with Gasteiger partial charge in [-0.3, -0.25) is 9.59 Å². The van der Waals surface area contributed by atoms with Gasteiger partial charge in [0.05, 0.1) is 18.2 Å². The van der Waals surface area contributed by atoms with E-state index >= 15 is 0 Å². The van der Waals surface area contributed by atoms with Crippen molar-refractivity contribution in [2.24, 2.45) is 0 Å². The van der Waals surface area contributed by atoms with Crippen LogP contribution in [0.2, 0.25) is 0 Å². The predicted octanol–water partition coefficient (Wildman–Crippen LogP) is 0.825. The summed E-state index contributed by atoms with van der Waals surface area (Å²) in [6, 6.07) is 7.07. The normalized spacial score (nSPS) is 21.6. The first-order valence-corrected chi connectivity index (χ1v) is 16.1. The van der Waals surface area contributed by atoms with Crippen molar-refractivity contribution in [1.82, 2.24) is 10.6 Å². The molecule has 1 heterocycles. The molecule has 2 aliphatic rings. The molecular formula is C33H57N2NaO8. The van der Waals surface area contributed by atoms with Crippen molar-refractivity contribution in [2.75, 3.05) is 13.2 Å². The third-order valence-corrected chi connectivity index (χ3v) is 7.04. The summed E-state index contributed by atoms with van der Waals surface area (Å²) in [5.41, 5.74) is 1.88. The molecule has 2 amide bonds. The number of hydrogen-bond acceptors (Lipinski definition) is 8. The van der Waals surface area contributed by atoms with Crippen LogP contribution in [0.4, 0.5) is 0 Å². The van der Waals surface area contributed by atoms with E-state index in [1.54, 1.807) is 0 Å². The van der Waals surface area contributed by atoms with Crippen LogP contribution in [0.1, 0.15) is 128 Å². The maximum atomic E-state index is 12.6. The Kier molecular flexibility index (Phi) is 28.1. The minimum Gasteiger partial charge on any atom is -0.554 e. The summed E-state index contributed by atoms with van der Waals surface area (Å²) in [7, 11) is 0. The number of benzene rings is 1. The number of carboxylic acid groups (broad SMARTS) is 1. The summed E-state index contributed by atoms with van der Waals surface area (Å²) in [4.78, 5) is 32.5. The fourth-order valence-electron chi connectivity index (χ4n) is 5.03. The van der Waals surface area contributed by atoms with Gasteiger partial charge in [0, 0.05) is 38.5 Å². The van der Waals surface area contributed by atoms with E-state index in [4.69, 9.17) is 19.4 Å². The Morgan fingerprint density at radius 2 is 1.68 bits per heavy atom. The number of amides is 2. The molecule has 0 aromatic heterocycles. The van der Waals surface area contributed by atoms with E-state index in [-0.39, 0.29) is 60.8 Å². The molecule has 1 aromatic rings. The van der Waals surface area contributed by atoms with Gasteiger partial charge >= 0.3 is 29.6 Å². The number of rotatable bonds is 11. The maximum absolute atomic E-state index is 12.6. The van der Waals surface area contributed by atoms with E-state index in [0.29, 0.717) is 18.1 Å². The summed E-state index contributed by atoms with van der Waals surface area (Å²) in [6.45, 7) is 11.9. The van der Waals surface area contributed by atoms with Gasteiger partial charge in [0.2, 0.25) is 5.91 Å². The third kappa shape index (κ3) is 17.8. The molecule has 4 unspecified atom stereocenters. The van der Waals surface area contributed by atoms with Gasteiger partial charge in [-0.15, -0.1) is 0 Å². The molecule has 2 fully saturated rings. The van der Waals surface area contributed by atoms with Crippen molar-refractivity contribution >= 4 is 18.3 Å². The summed E-state index contributed by atoms with van der Waals surface area (Å²) in [6.07, 6.45) is 6.38. The number of hydrogen-bond donors (Lipinski definition) is 4. The molecular weight excluding hydrogens is 575 g/mol. The molecule has 1 aliphatic heterocycles. The molecule has 0 radical (unpaired) electrons. The van der Waals surface area contributed by atoms with Crippen LogP contribution in [0, 0.1) is 0 Å². The van der Waals surface area contributed by atoms with Crippen LogP contribution in [0.15, 0.2) is 24.3 Å². The molecule has 1 aliphatic carbocycles. The molecule has 5 atom stereocenters.